The van der Waals surface area contributed by atoms with Gasteiger partial charge in [0.1, 0.15) is 5.82 Å². The van der Waals surface area contributed by atoms with Crippen molar-refractivity contribution in [1.29, 1.82) is 0 Å². The molecular weight excluding hydrogens is 214 g/mol. The van der Waals surface area contributed by atoms with Gasteiger partial charge in [-0.1, -0.05) is 18.2 Å². The smallest absolute Gasteiger partial charge is 0.267 e. The summed E-state index contributed by atoms with van der Waals surface area (Å²) in [5.41, 5.74) is 8.88. The molecule has 4 heteroatoms. The van der Waals surface area contributed by atoms with E-state index >= 15 is 0 Å². The molecule has 0 saturated carbocycles. The van der Waals surface area contributed by atoms with Gasteiger partial charge in [-0.2, -0.15) is 5.10 Å². The number of aromatic nitrogens is 2. The standard InChI is InChI=1S/C13H15N3O/c1-9-4-3-5-10(2)11(9)8-16-13(17)7-6-12(14)15-16/h3-7H,8H2,1-2H3,(H2,14,15). The molecule has 0 fully saturated rings. The van der Waals surface area contributed by atoms with Crippen molar-refractivity contribution in [3.05, 3.63) is 57.4 Å². The van der Waals surface area contributed by atoms with Gasteiger partial charge in [0, 0.05) is 6.07 Å². The lowest BCUT2D eigenvalue weighted by Gasteiger charge is -2.10. The maximum absolute atomic E-state index is 11.6. The number of hydrogen-bond acceptors (Lipinski definition) is 3. The summed E-state index contributed by atoms with van der Waals surface area (Å²) in [6.07, 6.45) is 0. The number of rotatable bonds is 2. The molecule has 2 N–H and O–H groups in total. The number of nitrogen functional groups attached to an aromatic ring is 1. The van der Waals surface area contributed by atoms with Gasteiger partial charge in [0.2, 0.25) is 0 Å². The largest absolute Gasteiger partial charge is 0.382 e. The molecule has 88 valence electrons. The molecule has 0 bridgehead atoms. The minimum Gasteiger partial charge on any atom is -0.382 e. The number of nitrogens with two attached hydrogens (primary N) is 1. The van der Waals surface area contributed by atoms with Crippen LogP contribution in [0.3, 0.4) is 0 Å². The monoisotopic (exact) mass is 229 g/mol. The van der Waals surface area contributed by atoms with Gasteiger partial charge in [-0.15, -0.1) is 0 Å². The van der Waals surface area contributed by atoms with Crippen molar-refractivity contribution in [2.24, 2.45) is 0 Å². The molecule has 1 heterocycles. The average molecular weight is 229 g/mol. The van der Waals surface area contributed by atoms with Gasteiger partial charge in [0.05, 0.1) is 6.54 Å². The predicted molar refractivity (Wildman–Crippen MR) is 67.9 cm³/mol. The maximum Gasteiger partial charge on any atom is 0.267 e. The molecule has 17 heavy (non-hydrogen) atoms. The Kier molecular flexibility index (Phi) is 2.95. The molecule has 1 aromatic carbocycles. The molecular formula is C13H15N3O. The summed E-state index contributed by atoms with van der Waals surface area (Å²) in [7, 11) is 0. The van der Waals surface area contributed by atoms with Crippen molar-refractivity contribution < 1.29 is 0 Å². The van der Waals surface area contributed by atoms with Crippen molar-refractivity contribution >= 4 is 5.82 Å². The minimum atomic E-state index is -0.137. The highest BCUT2D eigenvalue weighted by Crippen LogP contribution is 2.13. The van der Waals surface area contributed by atoms with E-state index in [1.807, 2.05) is 32.0 Å². The van der Waals surface area contributed by atoms with Gasteiger partial charge < -0.3 is 5.73 Å². The molecule has 4 nitrogen and oxygen atoms in total. The van der Waals surface area contributed by atoms with E-state index in [1.54, 1.807) is 0 Å². The first kappa shape index (κ1) is 11.4. The SMILES string of the molecule is Cc1cccc(C)c1Cn1nc(N)ccc1=O. The third-order valence-electron chi connectivity index (χ3n) is 2.84. The normalized spacial score (nSPS) is 10.5. The fourth-order valence-electron chi connectivity index (χ4n) is 1.83. The lowest BCUT2D eigenvalue weighted by atomic mass is 10.0. The van der Waals surface area contributed by atoms with Crippen molar-refractivity contribution in [1.82, 2.24) is 9.78 Å². The summed E-state index contributed by atoms with van der Waals surface area (Å²) in [5.74, 6) is 0.357. The summed E-state index contributed by atoms with van der Waals surface area (Å²) in [5, 5.41) is 4.03. The Bertz CT molecular complexity index is 582. The minimum absolute atomic E-state index is 0.137. The summed E-state index contributed by atoms with van der Waals surface area (Å²) in [6.45, 7) is 4.52. The van der Waals surface area contributed by atoms with Crippen molar-refractivity contribution in [2.75, 3.05) is 5.73 Å². The second-order valence-corrected chi connectivity index (χ2v) is 4.12. The van der Waals surface area contributed by atoms with Crippen LogP contribution in [0.25, 0.3) is 0 Å². The summed E-state index contributed by atoms with van der Waals surface area (Å²) in [6, 6.07) is 9.02. The van der Waals surface area contributed by atoms with Crippen LogP contribution in [0.5, 0.6) is 0 Å². The summed E-state index contributed by atoms with van der Waals surface area (Å²) >= 11 is 0. The van der Waals surface area contributed by atoms with Gasteiger partial charge in [-0.3, -0.25) is 4.79 Å². The summed E-state index contributed by atoms with van der Waals surface area (Å²) in [4.78, 5) is 11.6. The Morgan fingerprint density at radius 1 is 1.18 bits per heavy atom. The van der Waals surface area contributed by atoms with E-state index in [0.29, 0.717) is 12.4 Å². The Labute approximate surface area is 99.7 Å². The van der Waals surface area contributed by atoms with E-state index in [2.05, 4.69) is 5.10 Å². The lowest BCUT2D eigenvalue weighted by molar-refractivity contribution is 0.639. The molecule has 0 unspecified atom stereocenters. The molecule has 1 aromatic heterocycles. The Morgan fingerprint density at radius 2 is 1.82 bits per heavy atom. The first-order valence-corrected chi connectivity index (χ1v) is 5.46. The fraction of sp³-hybridized carbons (Fsp3) is 0.231. The highest BCUT2D eigenvalue weighted by atomic mass is 16.1. The highest BCUT2D eigenvalue weighted by molar-refractivity contribution is 5.33. The van der Waals surface area contributed by atoms with Crippen molar-refractivity contribution in [2.45, 2.75) is 20.4 Å². The van der Waals surface area contributed by atoms with Crippen LogP contribution in [0.2, 0.25) is 0 Å². The van der Waals surface area contributed by atoms with Crippen LogP contribution < -0.4 is 11.3 Å². The van der Waals surface area contributed by atoms with Crippen molar-refractivity contribution in [3.8, 4) is 0 Å². The molecule has 2 aromatic rings. The van der Waals surface area contributed by atoms with Gasteiger partial charge >= 0.3 is 0 Å². The third kappa shape index (κ3) is 2.36. The van der Waals surface area contributed by atoms with E-state index in [9.17, 15) is 4.79 Å². The van der Waals surface area contributed by atoms with Crippen LogP contribution in [0.15, 0.2) is 35.1 Å². The zero-order valence-corrected chi connectivity index (χ0v) is 9.97. The van der Waals surface area contributed by atoms with E-state index in [0.717, 1.165) is 16.7 Å². The van der Waals surface area contributed by atoms with Crippen LogP contribution in [0, 0.1) is 13.8 Å². The molecule has 0 spiro atoms. The summed E-state index contributed by atoms with van der Waals surface area (Å²) < 4.78 is 1.39. The molecule has 0 amide bonds. The van der Waals surface area contributed by atoms with Crippen LogP contribution in [-0.4, -0.2) is 9.78 Å². The second-order valence-electron chi connectivity index (χ2n) is 4.12. The third-order valence-corrected chi connectivity index (χ3v) is 2.84. The zero-order chi connectivity index (χ0) is 12.4. The van der Waals surface area contributed by atoms with Gasteiger partial charge in [-0.05, 0) is 36.6 Å². The first-order chi connectivity index (χ1) is 8.08. The number of benzene rings is 1. The fourth-order valence-corrected chi connectivity index (χ4v) is 1.83. The molecule has 2 rings (SSSR count). The van der Waals surface area contributed by atoms with Gasteiger partial charge in [-0.25, -0.2) is 4.68 Å². The molecule has 0 aliphatic rings. The average Bonchev–Trinajstić information content (AvgIpc) is 2.28. The Hall–Kier alpha value is -2.10. The van der Waals surface area contributed by atoms with E-state index in [4.69, 9.17) is 5.73 Å². The van der Waals surface area contributed by atoms with E-state index < -0.39 is 0 Å². The second kappa shape index (κ2) is 4.41. The van der Waals surface area contributed by atoms with Crippen LogP contribution >= 0.6 is 0 Å². The Balaban J connectivity index is 2.45. The van der Waals surface area contributed by atoms with Crippen LogP contribution in [-0.2, 0) is 6.54 Å². The van der Waals surface area contributed by atoms with E-state index in [-0.39, 0.29) is 5.56 Å². The highest BCUT2D eigenvalue weighted by Gasteiger charge is 2.05. The number of anilines is 1. The molecule has 0 aliphatic heterocycles. The molecule has 0 radical (unpaired) electrons. The molecule has 0 saturated heterocycles. The molecule has 0 atom stereocenters. The number of hydrogen-bond donors (Lipinski definition) is 1. The first-order valence-electron chi connectivity index (χ1n) is 5.46. The van der Waals surface area contributed by atoms with Gasteiger partial charge in [0.15, 0.2) is 0 Å². The zero-order valence-electron chi connectivity index (χ0n) is 9.97. The quantitative estimate of drug-likeness (QED) is 0.848. The van der Waals surface area contributed by atoms with Gasteiger partial charge in [0.25, 0.3) is 5.56 Å². The predicted octanol–water partition coefficient (Wildman–Crippen LogP) is 1.49. The van der Waals surface area contributed by atoms with Crippen molar-refractivity contribution in [3.63, 3.8) is 0 Å². The van der Waals surface area contributed by atoms with E-state index in [1.165, 1.54) is 16.8 Å². The van der Waals surface area contributed by atoms with Crippen LogP contribution in [0.4, 0.5) is 5.82 Å². The lowest BCUT2D eigenvalue weighted by Crippen LogP contribution is -2.24. The number of aryl methyl sites for hydroxylation is 2. The Morgan fingerprint density at radius 3 is 2.47 bits per heavy atom. The number of nitrogens with zero attached hydrogens (tertiary/aromatic N) is 2. The maximum atomic E-state index is 11.6. The molecule has 0 aliphatic carbocycles. The topological polar surface area (TPSA) is 60.9 Å². The van der Waals surface area contributed by atoms with Crippen LogP contribution in [0.1, 0.15) is 16.7 Å².